The molecule has 2 heterocycles. The van der Waals surface area contributed by atoms with Crippen LogP contribution in [0.25, 0.3) is 0 Å². The second kappa shape index (κ2) is 7.87. The van der Waals surface area contributed by atoms with Crippen molar-refractivity contribution in [1.29, 1.82) is 0 Å². The Hall–Kier alpha value is -3.48. The second-order valence-electron chi connectivity index (χ2n) is 7.00. The van der Waals surface area contributed by atoms with Gasteiger partial charge >= 0.3 is 0 Å². The van der Waals surface area contributed by atoms with Gasteiger partial charge in [0.1, 0.15) is 17.4 Å². The number of hydrazone groups is 1. The summed E-state index contributed by atoms with van der Waals surface area (Å²) < 4.78 is 19.0. The number of rotatable bonds is 4. The van der Waals surface area contributed by atoms with Gasteiger partial charge in [0.15, 0.2) is 5.76 Å². The van der Waals surface area contributed by atoms with Crippen LogP contribution in [0, 0.1) is 19.7 Å². The summed E-state index contributed by atoms with van der Waals surface area (Å²) in [5.41, 5.74) is 6.92. The van der Waals surface area contributed by atoms with E-state index in [1.54, 1.807) is 18.2 Å². The predicted molar refractivity (Wildman–Crippen MR) is 110 cm³/mol. The number of furan rings is 1. The average Bonchev–Trinajstić information content (AvgIpc) is 3.05. The number of fused-ring (bicyclic) bond motifs is 1. The van der Waals surface area contributed by atoms with Gasteiger partial charge in [-0.05, 0) is 63.1 Å². The van der Waals surface area contributed by atoms with Crippen molar-refractivity contribution in [2.75, 3.05) is 10.7 Å². The molecule has 0 saturated carbocycles. The monoisotopic (exact) mass is 392 g/mol. The Kier molecular flexibility index (Phi) is 5.12. The summed E-state index contributed by atoms with van der Waals surface area (Å²) >= 11 is 0. The number of carbonyl (C=O) groups excluding carboxylic acids is 1. The zero-order valence-electron chi connectivity index (χ0n) is 16.3. The fraction of sp³-hybridized carbons (Fsp3) is 0.227. The first-order valence-electron chi connectivity index (χ1n) is 9.47. The van der Waals surface area contributed by atoms with E-state index in [4.69, 9.17) is 4.42 Å². The van der Waals surface area contributed by atoms with Gasteiger partial charge in [-0.2, -0.15) is 5.10 Å². The van der Waals surface area contributed by atoms with Crippen molar-refractivity contribution in [1.82, 2.24) is 4.98 Å². The van der Waals surface area contributed by atoms with Crippen molar-refractivity contribution in [2.45, 2.75) is 33.1 Å². The lowest BCUT2D eigenvalue weighted by molar-refractivity contribution is 0.0993. The molecule has 0 fully saturated rings. The number of benzene rings is 1. The van der Waals surface area contributed by atoms with Crippen LogP contribution in [-0.2, 0) is 6.42 Å². The Morgan fingerprint density at radius 3 is 2.69 bits per heavy atom. The Morgan fingerprint density at radius 2 is 1.93 bits per heavy atom. The molecule has 1 amide bonds. The van der Waals surface area contributed by atoms with Crippen molar-refractivity contribution in [3.63, 3.8) is 0 Å². The average molecular weight is 392 g/mol. The Morgan fingerprint density at radius 1 is 1.14 bits per heavy atom. The number of anilines is 2. The molecule has 0 spiro atoms. The molecule has 4 rings (SSSR count). The summed E-state index contributed by atoms with van der Waals surface area (Å²) in [6.07, 6.45) is 2.40. The van der Waals surface area contributed by atoms with Gasteiger partial charge in [-0.3, -0.25) is 10.2 Å². The molecule has 6 nitrogen and oxygen atoms in total. The number of carbonyl (C=O) groups is 1. The number of halogens is 1. The number of nitrogens with one attached hydrogen (secondary N) is 2. The molecular weight excluding hydrogens is 371 g/mol. The lowest BCUT2D eigenvalue weighted by atomic mass is 9.93. The molecule has 3 aromatic rings. The normalized spacial score (nSPS) is 14.5. The zero-order valence-corrected chi connectivity index (χ0v) is 16.3. The Balaban J connectivity index is 1.59. The number of hydrogen-bond donors (Lipinski definition) is 2. The summed E-state index contributed by atoms with van der Waals surface area (Å²) in [6, 6.07) is 11.4. The molecule has 0 saturated heterocycles. The summed E-state index contributed by atoms with van der Waals surface area (Å²) in [5, 5.41) is 7.29. The third-order valence-electron chi connectivity index (χ3n) is 4.83. The lowest BCUT2D eigenvalue weighted by Crippen LogP contribution is -2.15. The van der Waals surface area contributed by atoms with Gasteiger partial charge in [-0.15, -0.1) is 0 Å². The smallest absolute Gasteiger partial charge is 0.292 e. The highest BCUT2D eigenvalue weighted by Crippen LogP contribution is 2.30. The molecule has 7 heteroatoms. The molecule has 2 N–H and O–H groups in total. The number of aryl methyl sites for hydroxylation is 2. The van der Waals surface area contributed by atoms with E-state index in [1.807, 2.05) is 26.0 Å². The molecule has 148 valence electrons. The first-order valence-corrected chi connectivity index (χ1v) is 9.47. The Bertz CT molecular complexity index is 1090. The highest BCUT2D eigenvalue weighted by atomic mass is 19.1. The molecule has 0 atom stereocenters. The SMILES string of the molecule is Cc1cccc(NC(=O)c2oc3c(c2C)/C(=N/Nc2ccc(F)cc2)CCC3)n1. The number of pyridine rings is 1. The number of nitrogens with zero attached hydrogens (tertiary/aromatic N) is 2. The minimum Gasteiger partial charge on any atom is -0.455 e. The maximum absolute atomic E-state index is 13.1. The van der Waals surface area contributed by atoms with Gasteiger partial charge in [-0.25, -0.2) is 9.37 Å². The number of hydrogen-bond acceptors (Lipinski definition) is 5. The summed E-state index contributed by atoms with van der Waals surface area (Å²) in [4.78, 5) is 17.0. The number of aromatic nitrogens is 1. The van der Waals surface area contributed by atoms with Gasteiger partial charge in [0.05, 0.1) is 11.4 Å². The first-order chi connectivity index (χ1) is 14.0. The van der Waals surface area contributed by atoms with Gasteiger partial charge < -0.3 is 9.73 Å². The van der Waals surface area contributed by atoms with Crippen LogP contribution in [0.5, 0.6) is 0 Å². The van der Waals surface area contributed by atoms with Gasteiger partial charge in [0, 0.05) is 23.2 Å². The van der Waals surface area contributed by atoms with Crippen LogP contribution in [0.3, 0.4) is 0 Å². The van der Waals surface area contributed by atoms with E-state index < -0.39 is 0 Å². The van der Waals surface area contributed by atoms with Crippen molar-refractivity contribution in [2.24, 2.45) is 5.10 Å². The fourth-order valence-electron chi connectivity index (χ4n) is 3.44. The van der Waals surface area contributed by atoms with Crippen molar-refractivity contribution in [3.05, 3.63) is 76.6 Å². The third kappa shape index (κ3) is 4.03. The molecule has 0 unspecified atom stereocenters. The first kappa shape index (κ1) is 18.9. The third-order valence-corrected chi connectivity index (χ3v) is 4.83. The van der Waals surface area contributed by atoms with Gasteiger partial charge in [0.2, 0.25) is 0 Å². The van der Waals surface area contributed by atoms with E-state index in [1.165, 1.54) is 12.1 Å². The van der Waals surface area contributed by atoms with E-state index >= 15 is 0 Å². The maximum Gasteiger partial charge on any atom is 0.292 e. The molecule has 0 radical (unpaired) electrons. The summed E-state index contributed by atoms with van der Waals surface area (Å²) in [7, 11) is 0. The predicted octanol–water partition coefficient (Wildman–Crippen LogP) is 4.84. The molecule has 0 aliphatic heterocycles. The van der Waals surface area contributed by atoms with Crippen LogP contribution in [0.15, 0.2) is 52.0 Å². The maximum atomic E-state index is 13.1. The van der Waals surface area contributed by atoms with Crippen molar-refractivity contribution in [3.8, 4) is 0 Å². The molecule has 1 aromatic carbocycles. The molecule has 1 aliphatic carbocycles. The van der Waals surface area contributed by atoms with E-state index in [2.05, 4.69) is 20.8 Å². The molecule has 2 aromatic heterocycles. The summed E-state index contributed by atoms with van der Waals surface area (Å²) in [6.45, 7) is 3.73. The van der Waals surface area contributed by atoms with E-state index in [0.29, 0.717) is 11.5 Å². The number of amides is 1. The summed E-state index contributed by atoms with van der Waals surface area (Å²) in [5.74, 6) is 0.884. The van der Waals surface area contributed by atoms with E-state index in [-0.39, 0.29) is 17.5 Å². The molecule has 29 heavy (non-hydrogen) atoms. The largest absolute Gasteiger partial charge is 0.455 e. The molecule has 1 aliphatic rings. The topological polar surface area (TPSA) is 79.5 Å². The quantitative estimate of drug-likeness (QED) is 0.623. The van der Waals surface area contributed by atoms with E-state index in [0.717, 1.165) is 47.6 Å². The van der Waals surface area contributed by atoms with Crippen LogP contribution < -0.4 is 10.7 Å². The highest BCUT2D eigenvalue weighted by Gasteiger charge is 2.28. The van der Waals surface area contributed by atoms with Gasteiger partial charge in [-0.1, -0.05) is 6.07 Å². The van der Waals surface area contributed by atoms with Gasteiger partial charge in [0.25, 0.3) is 5.91 Å². The zero-order chi connectivity index (χ0) is 20.4. The minimum atomic E-state index is -0.333. The highest BCUT2D eigenvalue weighted by molar-refractivity contribution is 6.09. The standard InChI is InChI=1S/C22H21FN4O2/c1-13-5-3-8-19(24-13)25-22(28)21-14(2)20-17(6-4-7-18(20)29-21)27-26-16-11-9-15(23)10-12-16/h3,5,8-12,26H,4,6-7H2,1-2H3,(H,24,25,28)/b27-17+. The van der Waals surface area contributed by atoms with Crippen LogP contribution in [0.2, 0.25) is 0 Å². The van der Waals surface area contributed by atoms with Crippen molar-refractivity contribution >= 4 is 23.1 Å². The molecule has 0 bridgehead atoms. The fourth-order valence-corrected chi connectivity index (χ4v) is 3.44. The van der Waals surface area contributed by atoms with Crippen LogP contribution >= 0.6 is 0 Å². The van der Waals surface area contributed by atoms with Crippen LogP contribution in [0.4, 0.5) is 15.9 Å². The van der Waals surface area contributed by atoms with Crippen LogP contribution in [0.1, 0.15) is 46.0 Å². The van der Waals surface area contributed by atoms with Crippen LogP contribution in [-0.4, -0.2) is 16.6 Å². The minimum absolute atomic E-state index is 0.273. The van der Waals surface area contributed by atoms with E-state index in [9.17, 15) is 9.18 Å². The second-order valence-corrected chi connectivity index (χ2v) is 7.00. The lowest BCUT2D eigenvalue weighted by Gasteiger charge is -2.13. The molecular formula is C22H21FN4O2. The Labute approximate surface area is 167 Å². The van der Waals surface area contributed by atoms with Crippen molar-refractivity contribution < 1.29 is 13.6 Å².